The van der Waals surface area contributed by atoms with Gasteiger partial charge in [0, 0.05) is 32.4 Å². The van der Waals surface area contributed by atoms with Crippen molar-refractivity contribution in [3.63, 3.8) is 0 Å². The number of aryl methyl sites for hydroxylation is 1. The minimum Gasteiger partial charge on any atom is -0.480 e. The molecule has 2 aromatic carbocycles. The van der Waals surface area contributed by atoms with E-state index in [4.69, 9.17) is 5.73 Å². The number of pyridine rings is 1. The number of benzene rings is 2. The summed E-state index contributed by atoms with van der Waals surface area (Å²) in [4.78, 5) is 67.6. The molecule has 0 saturated carbocycles. The van der Waals surface area contributed by atoms with E-state index in [-0.39, 0.29) is 56.5 Å². The fourth-order valence-electron chi connectivity index (χ4n) is 7.02. The second-order valence-electron chi connectivity index (χ2n) is 12.5. The number of nitrogens with zero attached hydrogens (tertiary/aromatic N) is 2. The SMILES string of the molecule is Cn1cccc(C(=O)NC2CCN(C(=O)[C@H]3CC[C@@](C(=O)NC(CCCCN)C(=O)O)(c4ccccc4)c4ccccc43)CC2)c1=O.S.S. The first-order valence-electron chi connectivity index (χ1n) is 16.3. The molecule has 1 aliphatic carbocycles. The van der Waals surface area contributed by atoms with Gasteiger partial charge in [0.2, 0.25) is 11.8 Å². The van der Waals surface area contributed by atoms with Crippen LogP contribution in [0.15, 0.2) is 77.7 Å². The van der Waals surface area contributed by atoms with Gasteiger partial charge in [-0.25, -0.2) is 4.79 Å². The van der Waals surface area contributed by atoms with Crippen LogP contribution < -0.4 is 21.9 Å². The van der Waals surface area contributed by atoms with E-state index in [0.29, 0.717) is 63.7 Å². The molecule has 1 saturated heterocycles. The van der Waals surface area contributed by atoms with Crippen LogP contribution in [0, 0.1) is 0 Å². The number of carboxylic acids is 1. The lowest BCUT2D eigenvalue weighted by Crippen LogP contribution is -2.54. The highest BCUT2D eigenvalue weighted by atomic mass is 32.1. The van der Waals surface area contributed by atoms with Crippen molar-refractivity contribution in [3.05, 3.63) is 106 Å². The summed E-state index contributed by atoms with van der Waals surface area (Å²) in [6.07, 6.45) is 4.93. The van der Waals surface area contributed by atoms with Crippen LogP contribution in [0.1, 0.15) is 77.9 Å². The highest BCUT2D eigenvalue weighted by Gasteiger charge is 2.49. The van der Waals surface area contributed by atoms with Gasteiger partial charge < -0.3 is 30.9 Å². The molecule has 3 amide bonds. The number of carbonyl (C=O) groups excluding carboxylic acids is 3. The number of aliphatic carboxylic acids is 1. The molecular formula is C36H47N5O6S2. The highest BCUT2D eigenvalue weighted by molar-refractivity contribution is 7.59. The van der Waals surface area contributed by atoms with Crippen LogP contribution in [0.5, 0.6) is 0 Å². The van der Waals surface area contributed by atoms with Gasteiger partial charge in [0.1, 0.15) is 11.6 Å². The largest absolute Gasteiger partial charge is 0.480 e. The highest BCUT2D eigenvalue weighted by Crippen LogP contribution is 2.48. The third-order valence-corrected chi connectivity index (χ3v) is 9.62. The number of amides is 3. The van der Waals surface area contributed by atoms with Crippen molar-refractivity contribution in [3.8, 4) is 0 Å². The van der Waals surface area contributed by atoms with Crippen LogP contribution in [0.3, 0.4) is 0 Å². The summed E-state index contributed by atoms with van der Waals surface area (Å²) in [6.45, 7) is 1.34. The monoisotopic (exact) mass is 709 g/mol. The van der Waals surface area contributed by atoms with Crippen LogP contribution >= 0.6 is 27.0 Å². The number of nitrogens with one attached hydrogen (secondary N) is 2. The lowest BCUT2D eigenvalue weighted by Gasteiger charge is -2.43. The summed E-state index contributed by atoms with van der Waals surface area (Å²) in [5.41, 5.74) is 6.36. The average Bonchev–Trinajstić information content (AvgIpc) is 3.08. The number of carbonyl (C=O) groups is 4. The van der Waals surface area contributed by atoms with Crippen LogP contribution in [-0.4, -0.2) is 70.0 Å². The van der Waals surface area contributed by atoms with Gasteiger partial charge in [-0.05, 0) is 80.3 Å². The predicted molar refractivity (Wildman–Crippen MR) is 198 cm³/mol. The minimum absolute atomic E-state index is 0. The number of hydrogen-bond donors (Lipinski definition) is 4. The average molecular weight is 710 g/mol. The molecule has 0 spiro atoms. The second kappa shape index (κ2) is 17.5. The predicted octanol–water partition coefficient (Wildman–Crippen LogP) is 2.89. The van der Waals surface area contributed by atoms with Crippen molar-refractivity contribution in [1.29, 1.82) is 0 Å². The van der Waals surface area contributed by atoms with Crippen LogP contribution in [-0.2, 0) is 26.8 Å². The van der Waals surface area contributed by atoms with E-state index in [1.807, 2.05) is 59.5 Å². The Hall–Kier alpha value is -4.07. The molecule has 3 aromatic rings. The summed E-state index contributed by atoms with van der Waals surface area (Å²) >= 11 is 0. The maximum atomic E-state index is 14.3. The number of carboxylic acid groups (broad SMARTS) is 1. The van der Waals surface area contributed by atoms with Crippen LogP contribution in [0.2, 0.25) is 0 Å². The van der Waals surface area contributed by atoms with Crippen molar-refractivity contribution >= 4 is 50.7 Å². The Balaban J connectivity index is 0.00000325. The Bertz CT molecular complexity index is 1680. The molecular weight excluding hydrogens is 663 g/mol. The van der Waals surface area contributed by atoms with Gasteiger partial charge >= 0.3 is 5.97 Å². The fraction of sp³-hybridized carbons (Fsp3) is 0.417. The number of fused-ring (bicyclic) bond motifs is 1. The fourth-order valence-corrected chi connectivity index (χ4v) is 7.02. The number of hydrogen-bond acceptors (Lipinski definition) is 6. The smallest absolute Gasteiger partial charge is 0.326 e. The first-order chi connectivity index (χ1) is 22.7. The van der Waals surface area contributed by atoms with Crippen LogP contribution in [0.4, 0.5) is 0 Å². The van der Waals surface area contributed by atoms with Crippen molar-refractivity contribution in [2.75, 3.05) is 19.6 Å². The first kappa shape index (κ1) is 39.4. The van der Waals surface area contributed by atoms with E-state index >= 15 is 0 Å². The topological polar surface area (TPSA) is 164 Å². The van der Waals surface area contributed by atoms with Crippen molar-refractivity contribution in [2.45, 2.75) is 68.4 Å². The Morgan fingerprint density at radius 1 is 0.939 bits per heavy atom. The zero-order valence-electron chi connectivity index (χ0n) is 27.7. The standard InChI is InChI=1S/C36H43N5O6.2H2S/c1-40-21-9-13-28(32(40)43)31(42)38-25-17-22-41(23-18-25)33(44)27-16-19-36(24-10-3-2-4-11-24,29-14-6-5-12-26(27)29)35(47)39-30(34(45)46)15-7-8-20-37;;/h2-6,9-14,21,25,27,30H,7-8,15-20,22-23,37H2,1H3,(H,38,42)(H,39,47)(H,45,46);2*1H2/t27-,30?,36+;;/m0../s1. The van der Waals surface area contributed by atoms with Gasteiger partial charge in [-0.3, -0.25) is 19.2 Å². The van der Waals surface area contributed by atoms with Crippen LogP contribution in [0.25, 0.3) is 0 Å². The molecule has 0 radical (unpaired) electrons. The van der Waals surface area contributed by atoms with E-state index < -0.39 is 35.2 Å². The molecule has 264 valence electrons. The zero-order chi connectivity index (χ0) is 33.6. The third kappa shape index (κ3) is 8.39. The van der Waals surface area contributed by atoms with E-state index in [2.05, 4.69) is 10.6 Å². The molecule has 5 N–H and O–H groups in total. The normalized spacial score (nSPS) is 19.3. The number of nitrogens with two attached hydrogens (primary N) is 1. The van der Waals surface area contributed by atoms with E-state index in [1.165, 1.54) is 10.6 Å². The van der Waals surface area contributed by atoms with E-state index in [0.717, 1.165) is 11.1 Å². The summed E-state index contributed by atoms with van der Waals surface area (Å²) in [7, 11) is 1.60. The number of aromatic nitrogens is 1. The molecule has 0 bridgehead atoms. The van der Waals surface area contributed by atoms with Gasteiger partial charge in [0.05, 0.1) is 11.3 Å². The molecule has 11 nitrogen and oxygen atoms in total. The Kier molecular flexibility index (Phi) is 14.1. The molecule has 1 aromatic heterocycles. The number of piperidine rings is 1. The minimum atomic E-state index is -1.18. The van der Waals surface area contributed by atoms with Gasteiger partial charge in [0.15, 0.2) is 0 Å². The molecule has 1 fully saturated rings. The Morgan fingerprint density at radius 2 is 1.61 bits per heavy atom. The maximum Gasteiger partial charge on any atom is 0.326 e. The first-order valence-corrected chi connectivity index (χ1v) is 16.3. The summed E-state index contributed by atoms with van der Waals surface area (Å²) < 4.78 is 1.36. The van der Waals surface area contributed by atoms with Crippen molar-refractivity contribution < 1.29 is 24.3 Å². The van der Waals surface area contributed by atoms with Gasteiger partial charge in [-0.2, -0.15) is 27.0 Å². The van der Waals surface area contributed by atoms with E-state index in [9.17, 15) is 29.1 Å². The molecule has 2 aliphatic rings. The lowest BCUT2D eigenvalue weighted by molar-refractivity contribution is -0.143. The molecule has 13 heteroatoms. The molecule has 2 heterocycles. The summed E-state index contributed by atoms with van der Waals surface area (Å²) in [5.74, 6) is -2.42. The third-order valence-electron chi connectivity index (χ3n) is 9.62. The molecule has 1 aliphatic heterocycles. The van der Waals surface area contributed by atoms with Gasteiger partial charge in [-0.1, -0.05) is 54.6 Å². The molecule has 49 heavy (non-hydrogen) atoms. The molecule has 5 rings (SSSR count). The Morgan fingerprint density at radius 3 is 2.29 bits per heavy atom. The number of rotatable bonds is 11. The lowest BCUT2D eigenvalue weighted by atomic mass is 9.62. The molecule has 1 unspecified atom stereocenters. The number of likely N-dealkylation sites (tertiary alicyclic amines) is 1. The zero-order valence-corrected chi connectivity index (χ0v) is 29.7. The Labute approximate surface area is 300 Å². The second-order valence-corrected chi connectivity index (χ2v) is 12.5. The summed E-state index contributed by atoms with van der Waals surface area (Å²) in [6, 6.07) is 18.8. The van der Waals surface area contributed by atoms with Crippen molar-refractivity contribution in [2.24, 2.45) is 12.8 Å². The van der Waals surface area contributed by atoms with Crippen molar-refractivity contribution in [1.82, 2.24) is 20.1 Å². The summed E-state index contributed by atoms with van der Waals surface area (Å²) in [5, 5.41) is 15.7. The number of unbranched alkanes of at least 4 members (excludes halogenated alkanes) is 1. The van der Waals surface area contributed by atoms with E-state index in [1.54, 1.807) is 19.3 Å². The van der Waals surface area contributed by atoms with Gasteiger partial charge in [-0.15, -0.1) is 0 Å². The molecule has 3 atom stereocenters. The maximum absolute atomic E-state index is 14.3. The quantitative estimate of drug-likeness (QED) is 0.223. The van der Waals surface area contributed by atoms with Gasteiger partial charge in [0.25, 0.3) is 11.5 Å².